The lowest BCUT2D eigenvalue weighted by Crippen LogP contribution is -2.22. The van der Waals surface area contributed by atoms with Crippen LogP contribution in [0.1, 0.15) is 28.4 Å². The summed E-state index contributed by atoms with van der Waals surface area (Å²) in [6.45, 7) is 4.15. The number of hydrogen-bond acceptors (Lipinski definition) is 3. The zero-order valence-electron chi connectivity index (χ0n) is 12.5. The molecule has 2 aromatic carbocycles. The molecule has 2 aromatic rings. The van der Waals surface area contributed by atoms with Gasteiger partial charge >= 0.3 is 0 Å². The van der Waals surface area contributed by atoms with Crippen LogP contribution in [0.15, 0.2) is 36.4 Å². The molecule has 1 unspecified atom stereocenters. The molecule has 1 amide bonds. The van der Waals surface area contributed by atoms with E-state index in [4.69, 9.17) is 22.1 Å². The van der Waals surface area contributed by atoms with Crippen LogP contribution in [0.4, 0.5) is 0 Å². The normalized spacial score (nSPS) is 12.0. The van der Waals surface area contributed by atoms with E-state index in [0.29, 0.717) is 16.1 Å². The number of amides is 1. The van der Waals surface area contributed by atoms with E-state index in [1.54, 1.807) is 12.1 Å². The molecule has 0 bridgehead atoms. The number of carbonyl (C=O) groups is 1. The fourth-order valence-corrected chi connectivity index (χ4v) is 2.30. The van der Waals surface area contributed by atoms with Crippen molar-refractivity contribution in [3.8, 4) is 5.75 Å². The second kappa shape index (κ2) is 6.81. The number of hydrogen-bond donors (Lipinski definition) is 2. The predicted molar refractivity (Wildman–Crippen MR) is 85.9 cm³/mol. The van der Waals surface area contributed by atoms with E-state index in [1.165, 1.54) is 6.07 Å². The topological polar surface area (TPSA) is 72.6 Å². The number of rotatable bonds is 5. The van der Waals surface area contributed by atoms with Gasteiger partial charge in [0.2, 0.25) is 0 Å². The predicted octanol–water partition coefficient (Wildman–Crippen LogP) is 3.05. The Labute approximate surface area is 134 Å². The molecule has 0 saturated heterocycles. The summed E-state index contributed by atoms with van der Waals surface area (Å²) < 4.78 is 5.81. The fraction of sp³-hybridized carbons (Fsp3) is 0.235. The monoisotopic (exact) mass is 319 g/mol. The Kier molecular flexibility index (Phi) is 5.06. The number of aliphatic hydroxyl groups is 1. The number of nitrogens with two attached hydrogens (primary N) is 1. The van der Waals surface area contributed by atoms with E-state index in [-0.39, 0.29) is 6.61 Å². The maximum absolute atomic E-state index is 11.2. The molecular formula is C17H18ClNO3. The van der Waals surface area contributed by atoms with Gasteiger partial charge in [0, 0.05) is 5.02 Å². The van der Waals surface area contributed by atoms with Crippen molar-refractivity contribution in [1.82, 2.24) is 0 Å². The first-order valence-electron chi connectivity index (χ1n) is 6.84. The van der Waals surface area contributed by atoms with Crippen molar-refractivity contribution in [2.24, 2.45) is 5.73 Å². The van der Waals surface area contributed by atoms with Gasteiger partial charge in [0.1, 0.15) is 12.4 Å². The van der Waals surface area contributed by atoms with Gasteiger partial charge in [0.05, 0.1) is 0 Å². The second-order valence-corrected chi connectivity index (χ2v) is 5.64. The highest BCUT2D eigenvalue weighted by Gasteiger charge is 2.18. The summed E-state index contributed by atoms with van der Waals surface area (Å²) in [7, 11) is 0. The van der Waals surface area contributed by atoms with Crippen LogP contribution >= 0.6 is 11.6 Å². The van der Waals surface area contributed by atoms with Crippen molar-refractivity contribution in [2.75, 3.05) is 0 Å². The molecule has 0 aliphatic carbocycles. The number of benzene rings is 2. The molecule has 0 heterocycles. The summed E-state index contributed by atoms with van der Waals surface area (Å²) >= 11 is 5.92. The summed E-state index contributed by atoms with van der Waals surface area (Å²) in [6.07, 6.45) is -1.41. The minimum absolute atomic E-state index is 0.209. The number of ether oxygens (including phenoxy) is 1. The third-order valence-corrected chi connectivity index (χ3v) is 3.63. The maximum Gasteiger partial charge on any atom is 0.250 e. The summed E-state index contributed by atoms with van der Waals surface area (Å²) in [6, 6.07) is 10.8. The number of carbonyl (C=O) groups excluding carboxylic acids is 1. The largest absolute Gasteiger partial charge is 0.489 e. The first-order chi connectivity index (χ1) is 10.4. The van der Waals surface area contributed by atoms with Crippen LogP contribution in [0, 0.1) is 13.8 Å². The van der Waals surface area contributed by atoms with Gasteiger partial charge in [0.25, 0.3) is 5.91 Å². The lowest BCUT2D eigenvalue weighted by molar-refractivity contribution is -0.126. The van der Waals surface area contributed by atoms with Crippen LogP contribution in [-0.2, 0) is 11.4 Å². The van der Waals surface area contributed by atoms with Gasteiger partial charge in [-0.15, -0.1) is 0 Å². The Bertz CT molecular complexity index is 700. The molecule has 4 nitrogen and oxygen atoms in total. The van der Waals surface area contributed by atoms with Crippen LogP contribution in [-0.4, -0.2) is 11.0 Å². The van der Waals surface area contributed by atoms with Crippen molar-refractivity contribution in [3.63, 3.8) is 0 Å². The average Bonchev–Trinajstić information content (AvgIpc) is 2.48. The molecule has 0 saturated carbocycles. The SMILES string of the molecule is Cc1ccc(C)c(OCc2ccc(Cl)cc2C(O)C(N)=O)c1. The Hall–Kier alpha value is -2.04. The Morgan fingerprint density at radius 2 is 2.00 bits per heavy atom. The molecule has 3 N–H and O–H groups in total. The van der Waals surface area contributed by atoms with E-state index in [2.05, 4.69) is 0 Å². The zero-order valence-corrected chi connectivity index (χ0v) is 13.2. The average molecular weight is 320 g/mol. The Balaban J connectivity index is 2.26. The van der Waals surface area contributed by atoms with Crippen LogP contribution in [0.2, 0.25) is 5.02 Å². The first-order valence-corrected chi connectivity index (χ1v) is 7.22. The van der Waals surface area contributed by atoms with E-state index < -0.39 is 12.0 Å². The van der Waals surface area contributed by atoms with Crippen LogP contribution in [0.5, 0.6) is 5.75 Å². The zero-order chi connectivity index (χ0) is 16.3. The van der Waals surface area contributed by atoms with Gasteiger partial charge in [-0.2, -0.15) is 0 Å². The molecule has 0 spiro atoms. The molecule has 116 valence electrons. The third kappa shape index (κ3) is 3.78. The van der Waals surface area contributed by atoms with Gasteiger partial charge in [0.15, 0.2) is 6.10 Å². The molecule has 5 heteroatoms. The molecule has 0 aliphatic heterocycles. The van der Waals surface area contributed by atoms with Gasteiger partial charge in [-0.05, 0) is 54.3 Å². The quantitative estimate of drug-likeness (QED) is 0.889. The summed E-state index contributed by atoms with van der Waals surface area (Å²) in [5.41, 5.74) is 8.30. The highest BCUT2D eigenvalue weighted by Crippen LogP contribution is 2.25. The Morgan fingerprint density at radius 3 is 2.68 bits per heavy atom. The van der Waals surface area contributed by atoms with Crippen molar-refractivity contribution in [1.29, 1.82) is 0 Å². The van der Waals surface area contributed by atoms with Crippen molar-refractivity contribution in [2.45, 2.75) is 26.6 Å². The third-order valence-electron chi connectivity index (χ3n) is 3.40. The summed E-state index contributed by atoms with van der Waals surface area (Å²) in [5, 5.41) is 10.3. The van der Waals surface area contributed by atoms with E-state index in [9.17, 15) is 9.90 Å². The fourth-order valence-electron chi connectivity index (χ4n) is 2.12. The van der Waals surface area contributed by atoms with Crippen molar-refractivity contribution < 1.29 is 14.6 Å². The molecule has 0 radical (unpaired) electrons. The minimum atomic E-state index is -1.41. The molecule has 0 aromatic heterocycles. The molecule has 2 rings (SSSR count). The number of halogens is 1. The van der Waals surface area contributed by atoms with E-state index in [0.717, 1.165) is 16.9 Å². The van der Waals surface area contributed by atoms with Gasteiger partial charge in [-0.25, -0.2) is 0 Å². The van der Waals surface area contributed by atoms with E-state index >= 15 is 0 Å². The second-order valence-electron chi connectivity index (χ2n) is 5.21. The van der Waals surface area contributed by atoms with E-state index in [1.807, 2.05) is 32.0 Å². The number of primary amides is 1. The lowest BCUT2D eigenvalue weighted by atomic mass is 10.0. The number of aliphatic hydroxyl groups excluding tert-OH is 1. The summed E-state index contributed by atoms with van der Waals surface area (Å²) in [5.74, 6) is -0.0651. The van der Waals surface area contributed by atoms with Crippen LogP contribution in [0.25, 0.3) is 0 Å². The van der Waals surface area contributed by atoms with Crippen molar-refractivity contribution >= 4 is 17.5 Å². The van der Waals surface area contributed by atoms with Gasteiger partial charge in [-0.1, -0.05) is 29.8 Å². The number of aryl methyl sites for hydroxylation is 2. The van der Waals surface area contributed by atoms with Crippen LogP contribution in [0.3, 0.4) is 0 Å². The van der Waals surface area contributed by atoms with Crippen molar-refractivity contribution in [3.05, 3.63) is 63.7 Å². The molecule has 0 fully saturated rings. The van der Waals surface area contributed by atoms with Gasteiger partial charge in [-0.3, -0.25) is 4.79 Å². The molecule has 1 atom stereocenters. The summed E-state index contributed by atoms with van der Waals surface area (Å²) in [4.78, 5) is 11.2. The highest BCUT2D eigenvalue weighted by atomic mass is 35.5. The molecule has 0 aliphatic rings. The smallest absolute Gasteiger partial charge is 0.250 e. The van der Waals surface area contributed by atoms with Crippen LogP contribution < -0.4 is 10.5 Å². The van der Waals surface area contributed by atoms with Gasteiger partial charge < -0.3 is 15.6 Å². The standard InChI is InChI=1S/C17H18ClNO3/c1-10-3-4-11(2)15(7-10)22-9-12-5-6-13(18)8-14(12)16(20)17(19)21/h3-8,16,20H,9H2,1-2H3,(H2,19,21). The maximum atomic E-state index is 11.2. The highest BCUT2D eigenvalue weighted by molar-refractivity contribution is 6.30. The first kappa shape index (κ1) is 16.3. The molecular weight excluding hydrogens is 302 g/mol. The Morgan fingerprint density at radius 1 is 1.27 bits per heavy atom. The lowest BCUT2D eigenvalue weighted by Gasteiger charge is -2.15. The molecule has 22 heavy (non-hydrogen) atoms. The minimum Gasteiger partial charge on any atom is -0.489 e.